The van der Waals surface area contributed by atoms with Crippen LogP contribution in [0.15, 0.2) is 60.0 Å². The second-order valence-electron chi connectivity index (χ2n) is 4.66. The van der Waals surface area contributed by atoms with Crippen molar-refractivity contribution in [3.63, 3.8) is 0 Å². The van der Waals surface area contributed by atoms with Crippen molar-refractivity contribution in [3.05, 3.63) is 60.0 Å². The standard InChI is InChI=1S/C17H14N2OS/c1-12(20)18-15-9-7-13(8-10-15)16-11-21-17(19-16)14-5-3-2-4-6-14/h2-11H,1H3,(H,18,20). The number of thiazole rings is 1. The number of carbonyl (C=O) groups excluding carboxylic acids is 1. The van der Waals surface area contributed by atoms with Crippen molar-refractivity contribution in [1.82, 2.24) is 4.98 Å². The van der Waals surface area contributed by atoms with E-state index in [0.717, 1.165) is 27.5 Å². The molecule has 0 aliphatic carbocycles. The second-order valence-corrected chi connectivity index (χ2v) is 5.52. The van der Waals surface area contributed by atoms with Gasteiger partial charge in [-0.05, 0) is 12.1 Å². The summed E-state index contributed by atoms with van der Waals surface area (Å²) in [5.74, 6) is -0.0669. The van der Waals surface area contributed by atoms with Crippen molar-refractivity contribution >= 4 is 22.9 Å². The van der Waals surface area contributed by atoms with Gasteiger partial charge in [-0.3, -0.25) is 4.79 Å². The molecule has 0 atom stereocenters. The lowest BCUT2D eigenvalue weighted by Gasteiger charge is -2.02. The number of benzene rings is 2. The Balaban J connectivity index is 1.85. The largest absolute Gasteiger partial charge is 0.326 e. The first-order chi connectivity index (χ1) is 10.2. The molecule has 21 heavy (non-hydrogen) atoms. The maximum Gasteiger partial charge on any atom is 0.221 e. The molecular weight excluding hydrogens is 280 g/mol. The van der Waals surface area contributed by atoms with Crippen LogP contribution in [0.2, 0.25) is 0 Å². The number of hydrogen-bond donors (Lipinski definition) is 1. The monoisotopic (exact) mass is 294 g/mol. The molecule has 2 aromatic carbocycles. The zero-order valence-corrected chi connectivity index (χ0v) is 12.4. The first kappa shape index (κ1) is 13.5. The number of nitrogens with one attached hydrogen (secondary N) is 1. The molecule has 0 bridgehead atoms. The third-order valence-corrected chi connectivity index (χ3v) is 3.92. The Labute approximate surface area is 127 Å². The third kappa shape index (κ3) is 3.17. The quantitative estimate of drug-likeness (QED) is 0.776. The Morgan fingerprint density at radius 3 is 2.38 bits per heavy atom. The molecule has 0 saturated carbocycles. The summed E-state index contributed by atoms with van der Waals surface area (Å²) in [4.78, 5) is 15.7. The average Bonchev–Trinajstić information content (AvgIpc) is 2.98. The number of aromatic nitrogens is 1. The van der Waals surface area contributed by atoms with Gasteiger partial charge in [0, 0.05) is 29.1 Å². The minimum absolute atomic E-state index is 0.0669. The minimum Gasteiger partial charge on any atom is -0.326 e. The summed E-state index contributed by atoms with van der Waals surface area (Å²) in [7, 11) is 0. The lowest BCUT2D eigenvalue weighted by Crippen LogP contribution is -2.05. The van der Waals surface area contributed by atoms with Crippen LogP contribution in [0.1, 0.15) is 6.92 Å². The van der Waals surface area contributed by atoms with Gasteiger partial charge < -0.3 is 5.32 Å². The molecule has 0 unspecified atom stereocenters. The van der Waals surface area contributed by atoms with Crippen LogP contribution in [0.4, 0.5) is 5.69 Å². The number of nitrogens with zero attached hydrogens (tertiary/aromatic N) is 1. The van der Waals surface area contributed by atoms with Gasteiger partial charge in [-0.2, -0.15) is 0 Å². The first-order valence-corrected chi connectivity index (χ1v) is 7.49. The van der Waals surface area contributed by atoms with Gasteiger partial charge in [-0.1, -0.05) is 42.5 Å². The maximum absolute atomic E-state index is 11.0. The summed E-state index contributed by atoms with van der Waals surface area (Å²) in [5, 5.41) is 5.82. The van der Waals surface area contributed by atoms with Crippen LogP contribution in [0, 0.1) is 0 Å². The van der Waals surface area contributed by atoms with E-state index in [-0.39, 0.29) is 5.91 Å². The summed E-state index contributed by atoms with van der Waals surface area (Å²) in [6, 6.07) is 17.8. The Hall–Kier alpha value is -2.46. The predicted octanol–water partition coefficient (Wildman–Crippen LogP) is 4.44. The van der Waals surface area contributed by atoms with Gasteiger partial charge in [-0.15, -0.1) is 11.3 Å². The van der Waals surface area contributed by atoms with Crippen LogP contribution in [0.5, 0.6) is 0 Å². The third-order valence-electron chi connectivity index (χ3n) is 3.03. The van der Waals surface area contributed by atoms with Gasteiger partial charge >= 0.3 is 0 Å². The van der Waals surface area contributed by atoms with E-state index >= 15 is 0 Å². The van der Waals surface area contributed by atoms with Crippen molar-refractivity contribution in [3.8, 4) is 21.8 Å². The van der Waals surface area contributed by atoms with Crippen LogP contribution >= 0.6 is 11.3 Å². The first-order valence-electron chi connectivity index (χ1n) is 6.61. The summed E-state index contributed by atoms with van der Waals surface area (Å²) < 4.78 is 0. The van der Waals surface area contributed by atoms with Gasteiger partial charge in [0.25, 0.3) is 0 Å². The van der Waals surface area contributed by atoms with Gasteiger partial charge in [-0.25, -0.2) is 4.98 Å². The summed E-state index contributed by atoms with van der Waals surface area (Å²) in [6.45, 7) is 1.50. The van der Waals surface area contributed by atoms with E-state index < -0.39 is 0 Å². The Bertz CT molecular complexity index is 748. The van der Waals surface area contributed by atoms with E-state index in [4.69, 9.17) is 0 Å². The highest BCUT2D eigenvalue weighted by molar-refractivity contribution is 7.13. The Kier molecular flexibility index (Phi) is 3.79. The summed E-state index contributed by atoms with van der Waals surface area (Å²) in [5.41, 5.74) is 3.92. The molecule has 1 aromatic heterocycles. The predicted molar refractivity (Wildman–Crippen MR) is 87.3 cm³/mol. The molecule has 3 aromatic rings. The lowest BCUT2D eigenvalue weighted by atomic mass is 10.1. The normalized spacial score (nSPS) is 10.3. The molecule has 0 saturated heterocycles. The van der Waals surface area contributed by atoms with Crippen molar-refractivity contribution in [1.29, 1.82) is 0 Å². The van der Waals surface area contributed by atoms with Crippen LogP contribution in [-0.2, 0) is 4.79 Å². The molecule has 104 valence electrons. The van der Waals surface area contributed by atoms with Gasteiger partial charge in [0.2, 0.25) is 5.91 Å². The van der Waals surface area contributed by atoms with E-state index in [1.165, 1.54) is 6.92 Å². The van der Waals surface area contributed by atoms with Gasteiger partial charge in [0.05, 0.1) is 5.69 Å². The van der Waals surface area contributed by atoms with Crippen molar-refractivity contribution in [2.75, 3.05) is 5.32 Å². The molecule has 1 amide bonds. The van der Waals surface area contributed by atoms with Crippen molar-refractivity contribution < 1.29 is 4.79 Å². The zero-order valence-electron chi connectivity index (χ0n) is 11.5. The molecule has 0 aliphatic rings. The number of rotatable bonds is 3. The fourth-order valence-electron chi connectivity index (χ4n) is 2.05. The Morgan fingerprint density at radius 2 is 1.71 bits per heavy atom. The number of hydrogen-bond acceptors (Lipinski definition) is 3. The zero-order chi connectivity index (χ0) is 14.7. The molecular formula is C17H14N2OS. The van der Waals surface area contributed by atoms with E-state index in [0.29, 0.717) is 0 Å². The van der Waals surface area contributed by atoms with Crippen LogP contribution in [0.3, 0.4) is 0 Å². The molecule has 3 nitrogen and oxygen atoms in total. The topological polar surface area (TPSA) is 42.0 Å². The second kappa shape index (κ2) is 5.89. The van der Waals surface area contributed by atoms with Crippen molar-refractivity contribution in [2.45, 2.75) is 6.92 Å². The maximum atomic E-state index is 11.0. The van der Waals surface area contributed by atoms with E-state index in [9.17, 15) is 4.79 Å². The molecule has 1 heterocycles. The summed E-state index contributed by atoms with van der Waals surface area (Å²) >= 11 is 1.63. The summed E-state index contributed by atoms with van der Waals surface area (Å²) in [6.07, 6.45) is 0. The molecule has 0 fully saturated rings. The number of amides is 1. The number of carbonyl (C=O) groups is 1. The highest BCUT2D eigenvalue weighted by atomic mass is 32.1. The van der Waals surface area contributed by atoms with E-state index in [1.807, 2.05) is 42.5 Å². The molecule has 1 N–H and O–H groups in total. The minimum atomic E-state index is -0.0669. The molecule has 0 radical (unpaired) electrons. The van der Waals surface area contributed by atoms with Gasteiger partial charge in [0.1, 0.15) is 5.01 Å². The van der Waals surface area contributed by atoms with Crippen LogP contribution < -0.4 is 5.32 Å². The SMILES string of the molecule is CC(=O)Nc1ccc(-c2csc(-c3ccccc3)n2)cc1. The van der Waals surface area contributed by atoms with Crippen molar-refractivity contribution in [2.24, 2.45) is 0 Å². The highest BCUT2D eigenvalue weighted by Gasteiger charge is 2.06. The molecule has 0 aliphatic heterocycles. The van der Waals surface area contributed by atoms with E-state index in [2.05, 4.69) is 27.8 Å². The fourth-order valence-corrected chi connectivity index (χ4v) is 2.88. The highest BCUT2D eigenvalue weighted by Crippen LogP contribution is 2.29. The molecule has 4 heteroatoms. The van der Waals surface area contributed by atoms with Gasteiger partial charge in [0.15, 0.2) is 0 Å². The van der Waals surface area contributed by atoms with Crippen LogP contribution in [0.25, 0.3) is 21.8 Å². The number of anilines is 1. The Morgan fingerprint density at radius 1 is 1.00 bits per heavy atom. The van der Waals surface area contributed by atoms with Crippen LogP contribution in [-0.4, -0.2) is 10.9 Å². The van der Waals surface area contributed by atoms with E-state index in [1.54, 1.807) is 11.3 Å². The molecule has 3 rings (SSSR count). The average molecular weight is 294 g/mol. The lowest BCUT2D eigenvalue weighted by molar-refractivity contribution is -0.114. The smallest absolute Gasteiger partial charge is 0.221 e. The molecule has 0 spiro atoms. The fraction of sp³-hybridized carbons (Fsp3) is 0.0588.